The van der Waals surface area contributed by atoms with Crippen molar-refractivity contribution in [2.24, 2.45) is 0 Å². The summed E-state index contributed by atoms with van der Waals surface area (Å²) >= 11 is 0. The average Bonchev–Trinajstić information content (AvgIpc) is 3.35. The molecular formula is C29H32F2N4O3Si. The van der Waals surface area contributed by atoms with Gasteiger partial charge in [0.05, 0.1) is 17.7 Å². The number of hydrogen-bond acceptors (Lipinski definition) is 4. The third kappa shape index (κ3) is 6.27. The zero-order valence-electron chi connectivity index (χ0n) is 22.8. The van der Waals surface area contributed by atoms with Gasteiger partial charge in [0.15, 0.2) is 11.6 Å². The van der Waals surface area contributed by atoms with E-state index < -0.39 is 42.9 Å². The third-order valence-electron chi connectivity index (χ3n) is 6.74. The second-order valence-electron chi connectivity index (χ2n) is 11.0. The summed E-state index contributed by atoms with van der Waals surface area (Å²) in [5, 5.41) is 4.52. The number of anilines is 1. The van der Waals surface area contributed by atoms with Crippen LogP contribution in [0.15, 0.2) is 54.7 Å². The van der Waals surface area contributed by atoms with Crippen LogP contribution in [0, 0.1) is 23.5 Å². The van der Waals surface area contributed by atoms with Gasteiger partial charge in [0, 0.05) is 39.1 Å². The van der Waals surface area contributed by atoms with Crippen molar-refractivity contribution in [3.8, 4) is 11.8 Å². The van der Waals surface area contributed by atoms with Gasteiger partial charge in [0.1, 0.15) is 12.4 Å². The molecule has 1 fully saturated rings. The lowest BCUT2D eigenvalue weighted by atomic mass is 9.89. The molecule has 7 nitrogen and oxygen atoms in total. The van der Waals surface area contributed by atoms with Gasteiger partial charge in [-0.15, -0.1) is 0 Å². The summed E-state index contributed by atoms with van der Waals surface area (Å²) in [6.45, 7) is 9.38. The van der Waals surface area contributed by atoms with E-state index >= 15 is 8.78 Å². The third-order valence-corrected chi connectivity index (χ3v) is 8.45. The van der Waals surface area contributed by atoms with Crippen molar-refractivity contribution in [1.29, 1.82) is 0 Å². The molecule has 10 heteroatoms. The van der Waals surface area contributed by atoms with E-state index in [1.807, 2.05) is 6.07 Å². The van der Waals surface area contributed by atoms with E-state index in [0.29, 0.717) is 22.8 Å². The zero-order valence-corrected chi connectivity index (χ0v) is 23.8. The van der Waals surface area contributed by atoms with Crippen LogP contribution >= 0.6 is 0 Å². The largest absolute Gasteiger partial charge is 0.360 e. The smallest absolute Gasteiger partial charge is 0.332 e. The number of nitrogens with zero attached hydrogens (tertiary/aromatic N) is 4. The molecule has 0 aliphatic carbocycles. The molecule has 2 heterocycles. The first-order chi connectivity index (χ1) is 18.4. The first-order valence-corrected chi connectivity index (χ1v) is 16.4. The molecule has 0 saturated carbocycles. The Hall–Kier alpha value is -3.81. The summed E-state index contributed by atoms with van der Waals surface area (Å²) < 4.78 is 37.6. The Morgan fingerprint density at radius 1 is 1.03 bits per heavy atom. The highest BCUT2D eigenvalue weighted by Crippen LogP contribution is 2.38. The van der Waals surface area contributed by atoms with E-state index in [-0.39, 0.29) is 18.7 Å². The molecule has 204 valence electrons. The number of ether oxygens (including phenoxy) is 1. The number of aromatic nitrogens is 2. The molecule has 0 N–H and O–H groups in total. The lowest BCUT2D eigenvalue weighted by Gasteiger charge is -2.44. The highest BCUT2D eigenvalue weighted by Gasteiger charge is 2.49. The average molecular weight is 551 g/mol. The van der Waals surface area contributed by atoms with E-state index in [2.05, 4.69) is 36.6 Å². The van der Waals surface area contributed by atoms with E-state index in [4.69, 9.17) is 4.74 Å². The van der Waals surface area contributed by atoms with Crippen molar-refractivity contribution in [1.82, 2.24) is 14.7 Å². The molecule has 0 bridgehead atoms. The predicted molar refractivity (Wildman–Crippen MR) is 148 cm³/mol. The highest BCUT2D eigenvalue weighted by atomic mass is 28.3. The van der Waals surface area contributed by atoms with Gasteiger partial charge in [-0.3, -0.25) is 4.79 Å². The van der Waals surface area contributed by atoms with Gasteiger partial charge in [-0.05, 0) is 43.3 Å². The molecule has 1 aliphatic heterocycles. The number of amides is 3. The Labute approximate surface area is 228 Å². The maximum absolute atomic E-state index is 15.1. The highest BCUT2D eigenvalue weighted by molar-refractivity contribution is 6.76. The summed E-state index contributed by atoms with van der Waals surface area (Å²) in [7, 11) is 0.268. The lowest BCUT2D eigenvalue weighted by molar-refractivity contribution is -0.122. The molecule has 2 aromatic carbocycles. The van der Waals surface area contributed by atoms with Crippen molar-refractivity contribution in [2.45, 2.75) is 51.3 Å². The first kappa shape index (κ1) is 28.2. The topological polar surface area (TPSA) is 67.7 Å². The van der Waals surface area contributed by atoms with Crippen LogP contribution in [0.25, 0.3) is 0 Å². The number of halogens is 2. The first-order valence-electron chi connectivity index (χ1n) is 12.7. The molecule has 1 aromatic heterocycles. The fourth-order valence-corrected chi connectivity index (χ4v) is 4.97. The molecule has 39 heavy (non-hydrogen) atoms. The van der Waals surface area contributed by atoms with Crippen molar-refractivity contribution in [3.05, 3.63) is 83.2 Å². The Bertz CT molecular complexity index is 1420. The number of urea groups is 1. The Morgan fingerprint density at radius 2 is 1.67 bits per heavy atom. The monoisotopic (exact) mass is 550 g/mol. The predicted octanol–water partition coefficient (Wildman–Crippen LogP) is 5.58. The van der Waals surface area contributed by atoms with E-state index in [0.717, 1.165) is 18.2 Å². The van der Waals surface area contributed by atoms with Crippen molar-refractivity contribution >= 4 is 25.7 Å². The Kier molecular flexibility index (Phi) is 8.04. The van der Waals surface area contributed by atoms with Crippen molar-refractivity contribution in [2.75, 3.05) is 18.6 Å². The normalized spacial score (nSPS) is 17.8. The quantitative estimate of drug-likeness (QED) is 0.219. The standard InChI is InChI=1S/C29H32F2N4O3Si/c1-29(25-13-14-34(32-25)20-38-15-16-39(3,4)5)19-26(36)35(28(37)33(29)2)27-23(30)17-22(18-24(27)31)12-11-21-9-7-6-8-10-21/h6-10,13-14,17-18H,15-16,19-20H2,1-5H3/t29-/m0/s1. The minimum atomic E-state index is -1.22. The van der Waals surface area contributed by atoms with Crippen LogP contribution < -0.4 is 4.90 Å². The second-order valence-corrected chi connectivity index (χ2v) is 16.6. The maximum atomic E-state index is 15.1. The molecule has 1 saturated heterocycles. The van der Waals surface area contributed by atoms with Gasteiger partial charge in [-0.25, -0.2) is 23.2 Å². The number of benzene rings is 2. The van der Waals surface area contributed by atoms with Gasteiger partial charge >= 0.3 is 6.03 Å². The van der Waals surface area contributed by atoms with Crippen LogP contribution in [0.1, 0.15) is 30.2 Å². The SMILES string of the molecule is CN1C(=O)N(c2c(F)cc(C#Cc3ccccc3)cc2F)C(=O)C[C@@]1(C)c1ccn(COCC[Si](C)(C)C)n1. The molecular weight excluding hydrogens is 518 g/mol. The van der Waals surface area contributed by atoms with E-state index in [1.54, 1.807) is 48.1 Å². The second kappa shape index (κ2) is 11.1. The van der Waals surface area contributed by atoms with Crippen LogP contribution in [0.5, 0.6) is 0 Å². The Morgan fingerprint density at radius 3 is 2.31 bits per heavy atom. The summed E-state index contributed by atoms with van der Waals surface area (Å²) in [6, 6.07) is 12.9. The van der Waals surface area contributed by atoms with Crippen molar-refractivity contribution in [3.63, 3.8) is 0 Å². The van der Waals surface area contributed by atoms with Crippen LogP contribution in [-0.4, -0.2) is 48.3 Å². The molecule has 0 unspecified atom stereocenters. The summed E-state index contributed by atoms with van der Waals surface area (Å²) in [5.41, 5.74) is -0.573. The van der Waals surface area contributed by atoms with Gasteiger partial charge < -0.3 is 9.64 Å². The Balaban J connectivity index is 1.52. The number of carbonyl (C=O) groups is 2. The number of imide groups is 1. The van der Waals surface area contributed by atoms with E-state index in [9.17, 15) is 9.59 Å². The van der Waals surface area contributed by atoms with Crippen LogP contribution in [-0.2, 0) is 21.8 Å². The number of hydrogen-bond donors (Lipinski definition) is 0. The number of carbonyl (C=O) groups excluding carboxylic acids is 2. The molecule has 4 rings (SSSR count). The fraction of sp³-hybridized carbons (Fsp3) is 0.345. The minimum Gasteiger partial charge on any atom is -0.360 e. The van der Waals surface area contributed by atoms with Crippen LogP contribution in [0.4, 0.5) is 19.3 Å². The molecule has 3 amide bonds. The minimum absolute atomic E-state index is 0.0882. The van der Waals surface area contributed by atoms with Gasteiger partial charge in [-0.2, -0.15) is 5.10 Å². The maximum Gasteiger partial charge on any atom is 0.332 e. The lowest BCUT2D eigenvalue weighted by Crippen LogP contribution is -2.60. The zero-order chi connectivity index (χ0) is 28.4. The van der Waals surface area contributed by atoms with Crippen LogP contribution in [0.2, 0.25) is 25.7 Å². The molecule has 1 aliphatic rings. The van der Waals surface area contributed by atoms with Gasteiger partial charge in [-0.1, -0.05) is 49.7 Å². The van der Waals surface area contributed by atoms with Crippen molar-refractivity contribution < 1.29 is 23.1 Å². The van der Waals surface area contributed by atoms with E-state index in [1.165, 1.54) is 11.9 Å². The summed E-state index contributed by atoms with van der Waals surface area (Å²) in [5.74, 6) is 2.72. The van der Waals surface area contributed by atoms with Crippen LogP contribution in [0.3, 0.4) is 0 Å². The molecule has 3 aromatic rings. The summed E-state index contributed by atoms with van der Waals surface area (Å²) in [4.78, 5) is 28.4. The number of rotatable bonds is 7. The fourth-order valence-electron chi connectivity index (χ4n) is 4.22. The molecule has 0 radical (unpaired) electrons. The van der Waals surface area contributed by atoms with Gasteiger partial charge in [0.2, 0.25) is 5.91 Å². The molecule has 1 atom stereocenters. The van der Waals surface area contributed by atoms with Gasteiger partial charge in [0.25, 0.3) is 0 Å². The summed E-state index contributed by atoms with van der Waals surface area (Å²) in [6.07, 6.45) is 1.51. The molecule has 0 spiro atoms.